The number of benzene rings is 2. The zero-order valence-corrected chi connectivity index (χ0v) is 25.7. The van der Waals surface area contributed by atoms with Gasteiger partial charge in [0.2, 0.25) is 0 Å². The highest BCUT2D eigenvalue weighted by molar-refractivity contribution is 6.07. The Labute approximate surface area is 267 Å². The van der Waals surface area contributed by atoms with E-state index in [1.807, 2.05) is 13.0 Å². The summed E-state index contributed by atoms with van der Waals surface area (Å²) in [6.07, 6.45) is 13.8. The highest BCUT2D eigenvalue weighted by atomic mass is 19.1. The number of terminal acetylenes is 1. The van der Waals surface area contributed by atoms with Gasteiger partial charge in [-0.25, -0.2) is 14.0 Å². The summed E-state index contributed by atoms with van der Waals surface area (Å²) < 4.78 is 20.6. The van der Waals surface area contributed by atoms with Crippen LogP contribution in [0.15, 0.2) is 98.4 Å². The Morgan fingerprint density at radius 3 is 2.22 bits per heavy atom. The highest BCUT2D eigenvalue weighted by Crippen LogP contribution is 2.29. The molecule has 2 aromatic rings. The van der Waals surface area contributed by atoms with Gasteiger partial charge in [0.25, 0.3) is 5.91 Å². The molecule has 0 bridgehead atoms. The number of aromatic carboxylic acids is 2. The number of hydrogen-bond acceptors (Lipinski definition) is 8. The Balaban J connectivity index is 0.00000518. The van der Waals surface area contributed by atoms with E-state index in [9.17, 15) is 29.0 Å². The Morgan fingerprint density at radius 2 is 1.67 bits per heavy atom. The van der Waals surface area contributed by atoms with E-state index in [0.717, 1.165) is 18.6 Å². The third-order valence-corrected chi connectivity index (χ3v) is 5.84. The number of carboxylic acid groups (broad SMARTS) is 2. The molecule has 0 heterocycles. The Hall–Kier alpha value is -6.22. The minimum Gasteiger partial charge on any atom is -0.492 e. The molecule has 2 aromatic carbocycles. The van der Waals surface area contributed by atoms with Crippen molar-refractivity contribution in [2.24, 2.45) is 11.5 Å². The third kappa shape index (κ3) is 10.8. The lowest BCUT2D eigenvalue weighted by Gasteiger charge is -2.15. The standard InChI is InChI=1S/C32H34FN5O6.C2H4/c1-6-9-13-38(8-3)29(35)11-10-25(34)30(39)37-27-16-21(24(33)17-22(27)31(40)41)12-14-44-28-18-23(32(42)43)26(36-19(4)5)15-20(28)7-2;1-2/h2,8-11,13,15-18,36H,3-4,6,12,14,34-35H2,1,5H3,(H,37,39)(H,40,41)(H,42,43);1-2H2/b13-9-,25-10-,29-11+;. The van der Waals surface area contributed by atoms with Crippen molar-refractivity contribution in [3.63, 3.8) is 0 Å². The van der Waals surface area contributed by atoms with Crippen LogP contribution in [0.3, 0.4) is 0 Å². The fourth-order valence-electron chi connectivity index (χ4n) is 3.69. The topological polar surface area (TPSA) is 180 Å². The van der Waals surface area contributed by atoms with E-state index < -0.39 is 29.2 Å². The number of halogens is 1. The van der Waals surface area contributed by atoms with E-state index in [-0.39, 0.29) is 58.4 Å². The molecule has 11 nitrogen and oxygen atoms in total. The van der Waals surface area contributed by atoms with Crippen LogP contribution < -0.4 is 26.8 Å². The summed E-state index contributed by atoms with van der Waals surface area (Å²) in [5.41, 5.74) is 11.7. The summed E-state index contributed by atoms with van der Waals surface area (Å²) in [5.74, 6) is -1.75. The first-order chi connectivity index (χ1) is 21.8. The number of anilines is 2. The molecular formula is C34H38FN5O6. The number of amides is 1. The van der Waals surface area contributed by atoms with Crippen molar-refractivity contribution in [1.29, 1.82) is 0 Å². The first-order valence-electron chi connectivity index (χ1n) is 13.6. The van der Waals surface area contributed by atoms with Crippen LogP contribution in [0, 0.1) is 18.2 Å². The molecule has 1 amide bonds. The average molecular weight is 632 g/mol. The zero-order chi connectivity index (χ0) is 35.0. The summed E-state index contributed by atoms with van der Waals surface area (Å²) in [4.78, 5) is 37.8. The van der Waals surface area contributed by atoms with E-state index in [0.29, 0.717) is 5.70 Å². The van der Waals surface area contributed by atoms with Crippen molar-refractivity contribution < 1.29 is 33.7 Å². The molecule has 242 valence electrons. The lowest BCUT2D eigenvalue weighted by molar-refractivity contribution is -0.112. The second-order valence-electron chi connectivity index (χ2n) is 9.19. The van der Waals surface area contributed by atoms with Gasteiger partial charge in [-0.05, 0) is 55.3 Å². The van der Waals surface area contributed by atoms with Gasteiger partial charge in [-0.15, -0.1) is 19.6 Å². The van der Waals surface area contributed by atoms with Crippen LogP contribution in [0.1, 0.15) is 52.1 Å². The van der Waals surface area contributed by atoms with Crippen molar-refractivity contribution in [3.8, 4) is 18.1 Å². The summed E-state index contributed by atoms with van der Waals surface area (Å²) in [6, 6.07) is 4.57. The number of nitrogens with two attached hydrogens (primary N) is 2. The number of rotatable bonds is 15. The van der Waals surface area contributed by atoms with Crippen molar-refractivity contribution in [2.75, 3.05) is 17.2 Å². The normalized spacial score (nSPS) is 11.0. The highest BCUT2D eigenvalue weighted by Gasteiger charge is 2.19. The summed E-state index contributed by atoms with van der Waals surface area (Å²) in [6.45, 7) is 16.8. The second-order valence-corrected chi connectivity index (χ2v) is 9.19. The smallest absolute Gasteiger partial charge is 0.337 e. The number of ether oxygens (including phenoxy) is 1. The summed E-state index contributed by atoms with van der Waals surface area (Å²) >= 11 is 0. The molecule has 0 aliphatic carbocycles. The fraction of sp³-hybridized carbons (Fsp3) is 0.147. The molecule has 0 radical (unpaired) electrons. The lowest BCUT2D eigenvalue weighted by atomic mass is 10.1. The number of nitrogens with zero attached hydrogens (tertiary/aromatic N) is 1. The van der Waals surface area contributed by atoms with Gasteiger partial charge in [0, 0.05) is 24.5 Å². The third-order valence-electron chi connectivity index (χ3n) is 5.84. The molecular weight excluding hydrogens is 593 g/mol. The molecule has 2 rings (SSSR count). The largest absolute Gasteiger partial charge is 0.492 e. The van der Waals surface area contributed by atoms with Crippen molar-refractivity contribution >= 4 is 29.2 Å². The van der Waals surface area contributed by atoms with E-state index in [1.165, 1.54) is 35.4 Å². The van der Waals surface area contributed by atoms with Crippen molar-refractivity contribution in [1.82, 2.24) is 4.90 Å². The van der Waals surface area contributed by atoms with Gasteiger partial charge in [-0.3, -0.25) is 4.79 Å². The van der Waals surface area contributed by atoms with Crippen LogP contribution >= 0.6 is 0 Å². The molecule has 0 aromatic heterocycles. The Kier molecular flexibility index (Phi) is 15.2. The molecule has 0 unspecified atom stereocenters. The molecule has 0 spiro atoms. The molecule has 0 fully saturated rings. The number of hydrogen-bond donors (Lipinski definition) is 6. The molecule has 8 N–H and O–H groups in total. The second kappa shape index (κ2) is 18.4. The molecule has 0 saturated heterocycles. The Morgan fingerprint density at radius 1 is 1.07 bits per heavy atom. The summed E-state index contributed by atoms with van der Waals surface area (Å²) in [5, 5.41) is 24.4. The average Bonchev–Trinajstić information content (AvgIpc) is 3.02. The SMILES string of the molecule is C#Cc1cc(NC(=C)C)c(C(=O)O)cc1OCCc1cc(NC(=O)/C(N)=C/C=C(\N)N(C=C)/C=C\CC)c(C(=O)O)cc1F.C=C. The van der Waals surface area contributed by atoms with E-state index in [1.54, 1.807) is 13.1 Å². The quantitative estimate of drug-likeness (QED) is 0.0634. The summed E-state index contributed by atoms with van der Waals surface area (Å²) in [7, 11) is 0. The van der Waals surface area contributed by atoms with Crippen LogP contribution in [-0.4, -0.2) is 39.6 Å². The molecule has 0 saturated carbocycles. The van der Waals surface area contributed by atoms with E-state index in [2.05, 4.69) is 42.9 Å². The maximum absolute atomic E-state index is 14.9. The van der Waals surface area contributed by atoms with Gasteiger partial charge in [0.15, 0.2) is 0 Å². The number of allylic oxidation sites excluding steroid dienone is 4. The predicted octanol–water partition coefficient (Wildman–Crippen LogP) is 5.52. The minimum atomic E-state index is -1.48. The van der Waals surface area contributed by atoms with E-state index in [4.69, 9.17) is 22.6 Å². The zero-order valence-electron chi connectivity index (χ0n) is 25.7. The van der Waals surface area contributed by atoms with E-state index >= 15 is 0 Å². The maximum Gasteiger partial charge on any atom is 0.337 e. The lowest BCUT2D eigenvalue weighted by Crippen LogP contribution is -2.22. The maximum atomic E-state index is 14.9. The first kappa shape index (κ1) is 37.8. The van der Waals surface area contributed by atoms with Crippen LogP contribution in [0.5, 0.6) is 5.75 Å². The van der Waals surface area contributed by atoms with Crippen molar-refractivity contribution in [3.05, 3.63) is 126 Å². The van der Waals surface area contributed by atoms with Crippen LogP contribution in [-0.2, 0) is 11.2 Å². The molecule has 46 heavy (non-hydrogen) atoms. The van der Waals surface area contributed by atoms with Gasteiger partial charge in [-0.1, -0.05) is 32.1 Å². The van der Waals surface area contributed by atoms with Crippen molar-refractivity contribution in [2.45, 2.75) is 26.7 Å². The Bertz CT molecular complexity index is 1620. The first-order valence-corrected chi connectivity index (χ1v) is 13.6. The molecule has 0 atom stereocenters. The van der Waals surface area contributed by atoms with Gasteiger partial charge >= 0.3 is 11.9 Å². The number of carbonyl (C=O) groups is 3. The van der Waals surface area contributed by atoms with Gasteiger partial charge in [0.1, 0.15) is 17.4 Å². The van der Waals surface area contributed by atoms with Gasteiger partial charge in [0.05, 0.1) is 40.4 Å². The monoisotopic (exact) mass is 631 g/mol. The van der Waals surface area contributed by atoms with Gasteiger partial charge < -0.3 is 42.0 Å². The van der Waals surface area contributed by atoms with Crippen LogP contribution in [0.2, 0.25) is 0 Å². The fourth-order valence-corrected chi connectivity index (χ4v) is 3.69. The molecule has 0 aliphatic rings. The van der Waals surface area contributed by atoms with Crippen LogP contribution in [0.25, 0.3) is 0 Å². The predicted molar refractivity (Wildman–Crippen MR) is 178 cm³/mol. The minimum absolute atomic E-state index is 0.00242. The molecule has 0 aliphatic heterocycles. The number of carboxylic acids is 2. The van der Waals surface area contributed by atoms with Gasteiger partial charge in [-0.2, -0.15) is 0 Å². The number of nitrogens with one attached hydrogen (secondary N) is 2. The van der Waals surface area contributed by atoms with Crippen LogP contribution in [0.4, 0.5) is 15.8 Å². The molecule has 12 heteroatoms. The number of carbonyl (C=O) groups excluding carboxylic acids is 1.